The van der Waals surface area contributed by atoms with Crippen LogP contribution in [0.5, 0.6) is 0 Å². The molecule has 5 nitrogen and oxygen atoms in total. The third-order valence-corrected chi connectivity index (χ3v) is 8.67. The minimum atomic E-state index is -0.954. The topological polar surface area (TPSA) is 87.0 Å². The van der Waals surface area contributed by atoms with E-state index in [4.69, 9.17) is 20.1 Å². The number of aliphatic hydroxyl groups excluding tert-OH is 3. The fourth-order valence-corrected chi connectivity index (χ4v) is 5.61. The quantitative estimate of drug-likeness (QED) is 0.0480. The van der Waals surface area contributed by atoms with Crippen LogP contribution in [0.15, 0.2) is 0 Å². The molecule has 0 fully saturated rings. The summed E-state index contributed by atoms with van der Waals surface area (Å²) in [6.45, 7) is 4.49. The van der Waals surface area contributed by atoms with Gasteiger partial charge in [0.1, 0.15) is 6.10 Å². The second-order valence-electron chi connectivity index (χ2n) is 13.2. The Labute approximate surface area is 275 Å². The summed E-state index contributed by atoms with van der Waals surface area (Å²) in [6.07, 6.45) is 42.1. The van der Waals surface area contributed by atoms with Crippen LogP contribution >= 0.6 is 0 Å². The number of hydrogen-bond acceptors (Lipinski definition) is 5. The molecule has 0 rings (SSSR count). The third kappa shape index (κ3) is 43.5. The van der Waals surface area contributed by atoms with E-state index in [1.165, 1.54) is 186 Å². The summed E-state index contributed by atoms with van der Waals surface area (Å²) in [5.74, 6) is 0.0284. The molecule has 266 valence electrons. The first-order chi connectivity index (χ1) is 21.6. The highest BCUT2D eigenvalue weighted by Crippen LogP contribution is 2.15. The molecule has 0 aliphatic carbocycles. The van der Waals surface area contributed by atoms with Crippen molar-refractivity contribution in [1.82, 2.24) is 0 Å². The van der Waals surface area contributed by atoms with E-state index in [9.17, 15) is 4.79 Å². The maximum Gasteiger partial charge on any atom is 0.305 e. The van der Waals surface area contributed by atoms with Gasteiger partial charge in [0.25, 0.3) is 0 Å². The van der Waals surface area contributed by atoms with Crippen LogP contribution in [-0.4, -0.2) is 47.2 Å². The van der Waals surface area contributed by atoms with Crippen molar-refractivity contribution < 1.29 is 24.9 Å². The molecule has 0 atom stereocenters. The second-order valence-corrected chi connectivity index (χ2v) is 13.2. The van der Waals surface area contributed by atoms with E-state index in [1.54, 1.807) is 0 Å². The van der Waals surface area contributed by atoms with E-state index in [0.29, 0.717) is 13.0 Å². The lowest BCUT2D eigenvalue weighted by Crippen LogP contribution is -2.15. The standard InChI is InChI=1S/C36H72O2.C3H8O3/c1-3-5-7-9-11-13-15-17-19-21-23-25-27-29-31-33-35-38-36(37)34-32-30-28-26-24-22-20-18-16-14-12-10-8-6-4-2;4-1-3(6)2-5/h3-35H2,1-2H3;3-6H,1-2H2. The number of esters is 1. The lowest BCUT2D eigenvalue weighted by Gasteiger charge is -2.06. The number of carbonyl (C=O) groups is 1. The number of aliphatic hydroxyl groups is 3. The molecule has 3 N–H and O–H groups in total. The van der Waals surface area contributed by atoms with Crippen LogP contribution in [0.1, 0.15) is 219 Å². The Kier molecular flexibility index (Phi) is 43.8. The van der Waals surface area contributed by atoms with Gasteiger partial charge < -0.3 is 20.1 Å². The highest BCUT2D eigenvalue weighted by Gasteiger charge is 2.03. The highest BCUT2D eigenvalue weighted by molar-refractivity contribution is 5.69. The van der Waals surface area contributed by atoms with Gasteiger partial charge in [-0.3, -0.25) is 4.79 Å². The van der Waals surface area contributed by atoms with Gasteiger partial charge in [0.05, 0.1) is 19.8 Å². The number of unbranched alkanes of at least 4 members (excludes halogenated alkanes) is 29. The summed E-state index contributed by atoms with van der Waals surface area (Å²) in [6, 6.07) is 0. The SMILES string of the molecule is CCCCCCCCCCCCCCCCCCOC(=O)CCCCCCCCCCCCCCCCC.OCC(O)CO. The number of carbonyl (C=O) groups excluding carboxylic acids is 1. The molecule has 0 aliphatic rings. The highest BCUT2D eigenvalue weighted by atomic mass is 16.5. The molecule has 0 saturated heterocycles. The molecule has 0 amide bonds. The van der Waals surface area contributed by atoms with Gasteiger partial charge in [-0.15, -0.1) is 0 Å². The Hall–Kier alpha value is -0.650. The van der Waals surface area contributed by atoms with Gasteiger partial charge >= 0.3 is 5.97 Å². The minimum absolute atomic E-state index is 0.0284. The van der Waals surface area contributed by atoms with E-state index in [1.807, 2.05) is 0 Å². The van der Waals surface area contributed by atoms with Crippen LogP contribution in [0.25, 0.3) is 0 Å². The van der Waals surface area contributed by atoms with Crippen LogP contribution in [-0.2, 0) is 9.53 Å². The first-order valence-electron chi connectivity index (χ1n) is 19.7. The summed E-state index contributed by atoms with van der Waals surface area (Å²) in [5.41, 5.74) is 0. The van der Waals surface area contributed by atoms with E-state index in [-0.39, 0.29) is 19.2 Å². The molecule has 0 spiro atoms. The monoisotopic (exact) mass is 629 g/mol. The number of rotatable bonds is 35. The molecule has 0 aliphatic heterocycles. The summed E-state index contributed by atoms with van der Waals surface area (Å²) in [7, 11) is 0. The van der Waals surface area contributed by atoms with Gasteiger partial charge in [0, 0.05) is 6.42 Å². The molecule has 0 bridgehead atoms. The van der Waals surface area contributed by atoms with Gasteiger partial charge in [0.2, 0.25) is 0 Å². The van der Waals surface area contributed by atoms with Crippen molar-refractivity contribution in [3.63, 3.8) is 0 Å². The van der Waals surface area contributed by atoms with Crippen molar-refractivity contribution in [3.8, 4) is 0 Å². The Bertz CT molecular complexity index is 509. The molecule has 0 unspecified atom stereocenters. The largest absolute Gasteiger partial charge is 0.466 e. The first kappa shape index (κ1) is 45.5. The Balaban J connectivity index is 0. The summed E-state index contributed by atoms with van der Waals surface area (Å²) in [5, 5.41) is 24.0. The smallest absolute Gasteiger partial charge is 0.305 e. The third-order valence-electron chi connectivity index (χ3n) is 8.67. The van der Waals surface area contributed by atoms with Crippen molar-refractivity contribution in [2.75, 3.05) is 19.8 Å². The zero-order valence-corrected chi connectivity index (χ0v) is 30.0. The van der Waals surface area contributed by atoms with Crippen LogP contribution in [0.2, 0.25) is 0 Å². The zero-order valence-electron chi connectivity index (χ0n) is 30.0. The lowest BCUT2D eigenvalue weighted by atomic mass is 10.0. The molecule has 0 aromatic carbocycles. The van der Waals surface area contributed by atoms with Gasteiger partial charge in [-0.2, -0.15) is 0 Å². The number of hydrogen-bond donors (Lipinski definition) is 3. The fourth-order valence-electron chi connectivity index (χ4n) is 5.61. The van der Waals surface area contributed by atoms with Crippen LogP contribution in [0, 0.1) is 0 Å². The first-order valence-corrected chi connectivity index (χ1v) is 19.7. The molecule has 0 radical (unpaired) electrons. The van der Waals surface area contributed by atoms with Crippen LogP contribution in [0.3, 0.4) is 0 Å². The Morgan fingerprint density at radius 3 is 0.932 bits per heavy atom. The number of ether oxygens (including phenoxy) is 1. The lowest BCUT2D eigenvalue weighted by molar-refractivity contribution is -0.143. The van der Waals surface area contributed by atoms with Crippen molar-refractivity contribution >= 4 is 5.97 Å². The maximum atomic E-state index is 11.9. The molecule has 0 aromatic rings. The predicted octanol–water partition coefficient (Wildman–Crippen LogP) is 11.4. The van der Waals surface area contributed by atoms with E-state index < -0.39 is 6.10 Å². The molecule has 0 aromatic heterocycles. The summed E-state index contributed by atoms with van der Waals surface area (Å²) >= 11 is 0. The van der Waals surface area contributed by atoms with Crippen molar-refractivity contribution in [2.24, 2.45) is 0 Å². The van der Waals surface area contributed by atoms with Crippen LogP contribution < -0.4 is 0 Å². The van der Waals surface area contributed by atoms with E-state index >= 15 is 0 Å². The average Bonchev–Trinajstić information content (AvgIpc) is 3.04. The van der Waals surface area contributed by atoms with Gasteiger partial charge in [-0.05, 0) is 12.8 Å². The predicted molar refractivity (Wildman–Crippen MR) is 190 cm³/mol. The van der Waals surface area contributed by atoms with Crippen molar-refractivity contribution in [1.29, 1.82) is 0 Å². The Morgan fingerprint density at radius 1 is 0.432 bits per heavy atom. The average molecular weight is 629 g/mol. The minimum Gasteiger partial charge on any atom is -0.466 e. The van der Waals surface area contributed by atoms with Gasteiger partial charge in [-0.25, -0.2) is 0 Å². The molecular formula is C39H80O5. The zero-order chi connectivity index (χ0) is 32.6. The Morgan fingerprint density at radius 2 is 0.682 bits per heavy atom. The van der Waals surface area contributed by atoms with Crippen molar-refractivity contribution in [3.05, 3.63) is 0 Å². The summed E-state index contributed by atoms with van der Waals surface area (Å²) in [4.78, 5) is 11.9. The van der Waals surface area contributed by atoms with E-state index in [2.05, 4.69) is 13.8 Å². The molecular weight excluding hydrogens is 548 g/mol. The van der Waals surface area contributed by atoms with E-state index in [0.717, 1.165) is 12.8 Å². The molecule has 0 saturated carbocycles. The van der Waals surface area contributed by atoms with Crippen LogP contribution in [0.4, 0.5) is 0 Å². The van der Waals surface area contributed by atoms with Crippen molar-refractivity contribution in [2.45, 2.75) is 225 Å². The second kappa shape index (κ2) is 42.3. The normalized spacial score (nSPS) is 11.1. The fraction of sp³-hybridized carbons (Fsp3) is 0.974. The molecule has 0 heterocycles. The summed E-state index contributed by atoms with van der Waals surface area (Å²) < 4.78 is 5.44. The maximum absolute atomic E-state index is 11.9. The molecule has 5 heteroatoms. The van der Waals surface area contributed by atoms with Gasteiger partial charge in [-0.1, -0.05) is 200 Å². The molecule has 44 heavy (non-hydrogen) atoms. The van der Waals surface area contributed by atoms with Gasteiger partial charge in [0.15, 0.2) is 0 Å².